The molecule has 2 heterocycles. The molecule has 14 heteroatoms. The number of sulfone groups is 1. The van der Waals surface area contributed by atoms with Crippen molar-refractivity contribution in [3.05, 3.63) is 50.3 Å². The Labute approximate surface area is 181 Å². The van der Waals surface area contributed by atoms with E-state index in [0.29, 0.717) is 4.34 Å². The summed E-state index contributed by atoms with van der Waals surface area (Å²) >= 11 is 6.74. The molecule has 1 aliphatic rings. The minimum absolute atomic E-state index is 0.0253. The van der Waals surface area contributed by atoms with Gasteiger partial charge in [-0.15, -0.1) is 11.3 Å². The molecule has 0 radical (unpaired) electrons. The van der Waals surface area contributed by atoms with Crippen molar-refractivity contribution in [2.75, 3.05) is 32.4 Å². The quantitative estimate of drug-likeness (QED) is 0.458. The van der Waals surface area contributed by atoms with Gasteiger partial charge in [0.1, 0.15) is 4.21 Å². The number of hydrogen-bond donors (Lipinski definition) is 0. The highest BCUT2D eigenvalue weighted by Crippen LogP contribution is 2.29. The van der Waals surface area contributed by atoms with Crippen molar-refractivity contribution in [1.82, 2.24) is 9.21 Å². The van der Waals surface area contributed by atoms with Crippen LogP contribution >= 0.6 is 22.9 Å². The van der Waals surface area contributed by atoms with Gasteiger partial charge in [0.05, 0.1) is 14.2 Å². The Morgan fingerprint density at radius 2 is 1.73 bits per heavy atom. The second kappa shape index (κ2) is 8.23. The topological polar surface area (TPSA) is 135 Å². The van der Waals surface area contributed by atoms with Gasteiger partial charge in [0.2, 0.25) is 0 Å². The SMILES string of the molecule is CS(=O)(=O)c1cc(C(=O)N2CCN(S(=O)(=O)c3ccc(Cl)s3)CC2)cc([N+](=O)[O-])c1. The van der Waals surface area contributed by atoms with Crippen molar-refractivity contribution < 1.29 is 26.6 Å². The lowest BCUT2D eigenvalue weighted by molar-refractivity contribution is -0.385. The molecule has 1 aliphatic heterocycles. The summed E-state index contributed by atoms with van der Waals surface area (Å²) in [5.41, 5.74) is -0.664. The number of rotatable bonds is 5. The van der Waals surface area contributed by atoms with Gasteiger partial charge in [-0.3, -0.25) is 14.9 Å². The number of thiophene rings is 1. The van der Waals surface area contributed by atoms with E-state index < -0.39 is 36.4 Å². The third-order valence-electron chi connectivity index (χ3n) is 4.45. The van der Waals surface area contributed by atoms with Gasteiger partial charge in [-0.2, -0.15) is 4.31 Å². The lowest BCUT2D eigenvalue weighted by Gasteiger charge is -2.33. The van der Waals surface area contributed by atoms with Gasteiger partial charge in [0.15, 0.2) is 9.84 Å². The molecule has 10 nitrogen and oxygen atoms in total. The Morgan fingerprint density at radius 3 is 2.23 bits per heavy atom. The molecule has 1 saturated heterocycles. The average Bonchev–Trinajstić information content (AvgIpc) is 3.13. The van der Waals surface area contributed by atoms with Crippen molar-refractivity contribution in [3.8, 4) is 0 Å². The molecule has 1 fully saturated rings. The van der Waals surface area contributed by atoms with Crippen molar-refractivity contribution in [3.63, 3.8) is 0 Å². The van der Waals surface area contributed by atoms with Crippen LogP contribution in [0.3, 0.4) is 0 Å². The third-order valence-corrected chi connectivity index (χ3v) is 9.13. The second-order valence-corrected chi connectivity index (χ2v) is 12.4. The van der Waals surface area contributed by atoms with Gasteiger partial charge < -0.3 is 4.90 Å². The van der Waals surface area contributed by atoms with Crippen LogP contribution in [-0.4, -0.2) is 69.3 Å². The molecule has 0 N–H and O–H groups in total. The number of benzene rings is 1. The lowest BCUT2D eigenvalue weighted by Crippen LogP contribution is -2.50. The fraction of sp³-hybridized carbons (Fsp3) is 0.312. The molecule has 30 heavy (non-hydrogen) atoms. The fourth-order valence-electron chi connectivity index (χ4n) is 2.90. The van der Waals surface area contributed by atoms with Crippen molar-refractivity contribution in [2.24, 2.45) is 0 Å². The molecule has 1 aromatic carbocycles. The molecular weight excluding hydrogens is 478 g/mol. The molecule has 0 aliphatic carbocycles. The van der Waals surface area contributed by atoms with E-state index in [1.165, 1.54) is 21.3 Å². The van der Waals surface area contributed by atoms with E-state index in [0.717, 1.165) is 35.8 Å². The van der Waals surface area contributed by atoms with Crippen molar-refractivity contribution >= 4 is 54.4 Å². The van der Waals surface area contributed by atoms with Crippen LogP contribution in [0.4, 0.5) is 5.69 Å². The van der Waals surface area contributed by atoms with Crippen molar-refractivity contribution in [2.45, 2.75) is 9.10 Å². The van der Waals surface area contributed by atoms with Gasteiger partial charge in [0.25, 0.3) is 21.6 Å². The summed E-state index contributed by atoms with van der Waals surface area (Å²) in [6.45, 7) is 0.150. The summed E-state index contributed by atoms with van der Waals surface area (Å²) in [4.78, 5) is 24.2. The van der Waals surface area contributed by atoms with Crippen LogP contribution in [0.2, 0.25) is 4.34 Å². The van der Waals surface area contributed by atoms with Crippen LogP contribution in [0.25, 0.3) is 0 Å². The summed E-state index contributed by atoms with van der Waals surface area (Å²) < 4.78 is 50.6. The van der Waals surface area contributed by atoms with Gasteiger partial charge in [0, 0.05) is 50.1 Å². The maximum atomic E-state index is 12.8. The molecule has 2 aromatic rings. The summed E-state index contributed by atoms with van der Waals surface area (Å²) in [6.07, 6.45) is 0.890. The number of halogens is 1. The minimum atomic E-state index is -3.77. The van der Waals surface area contributed by atoms with Crippen LogP contribution in [0.15, 0.2) is 39.4 Å². The van der Waals surface area contributed by atoms with Crippen LogP contribution in [0.1, 0.15) is 10.4 Å². The zero-order valence-electron chi connectivity index (χ0n) is 15.5. The zero-order chi connectivity index (χ0) is 22.3. The van der Waals surface area contributed by atoms with Crippen molar-refractivity contribution in [1.29, 1.82) is 0 Å². The summed E-state index contributed by atoms with van der Waals surface area (Å²) in [6, 6.07) is 5.88. The Kier molecular flexibility index (Phi) is 6.20. The van der Waals surface area contributed by atoms with E-state index in [1.807, 2.05) is 0 Å². The number of sulfonamides is 1. The summed E-state index contributed by atoms with van der Waals surface area (Å²) in [5, 5.41) is 11.1. The van der Waals surface area contributed by atoms with Gasteiger partial charge in [-0.05, 0) is 18.2 Å². The van der Waals surface area contributed by atoms with E-state index in [2.05, 4.69) is 0 Å². The first-order chi connectivity index (χ1) is 13.9. The number of nitrogens with zero attached hydrogens (tertiary/aromatic N) is 3. The van der Waals surface area contributed by atoms with Gasteiger partial charge in [-0.25, -0.2) is 16.8 Å². The maximum absolute atomic E-state index is 12.8. The third kappa shape index (κ3) is 4.64. The highest BCUT2D eigenvalue weighted by molar-refractivity contribution is 7.91. The molecule has 0 unspecified atom stereocenters. The molecule has 1 aromatic heterocycles. The van der Waals surface area contributed by atoms with Crippen LogP contribution in [0, 0.1) is 10.1 Å². The van der Waals surface area contributed by atoms with Gasteiger partial charge >= 0.3 is 0 Å². The number of non-ortho nitro benzene ring substituents is 1. The number of piperazine rings is 1. The zero-order valence-corrected chi connectivity index (χ0v) is 18.7. The first-order valence-electron chi connectivity index (χ1n) is 8.44. The minimum Gasteiger partial charge on any atom is -0.336 e. The molecular formula is C16H16ClN3O7S3. The summed E-state index contributed by atoms with van der Waals surface area (Å²) in [7, 11) is -7.51. The smallest absolute Gasteiger partial charge is 0.271 e. The Hall–Kier alpha value is -2.06. The molecule has 0 atom stereocenters. The number of hydrogen-bond acceptors (Lipinski definition) is 8. The second-order valence-electron chi connectivity index (χ2n) is 6.50. The lowest BCUT2D eigenvalue weighted by atomic mass is 10.1. The number of nitro groups is 1. The highest BCUT2D eigenvalue weighted by atomic mass is 35.5. The Balaban J connectivity index is 1.80. The molecule has 1 amide bonds. The van der Waals surface area contributed by atoms with E-state index >= 15 is 0 Å². The Bertz CT molecular complexity index is 1220. The standard InChI is InChI=1S/C16H16ClN3O7S3/c1-29(24,25)13-9-11(8-12(10-13)20(22)23)16(21)18-4-6-19(7-5-18)30(26,27)15-3-2-14(17)28-15/h2-3,8-10H,4-7H2,1H3. The number of carbonyl (C=O) groups excluding carboxylic acids is 1. The van der Waals surface area contributed by atoms with Gasteiger partial charge in [-0.1, -0.05) is 11.6 Å². The normalized spacial score (nSPS) is 15.9. The predicted molar refractivity (Wildman–Crippen MR) is 110 cm³/mol. The number of nitro benzene ring substituents is 1. The van der Waals surface area contributed by atoms with E-state index in [9.17, 15) is 31.7 Å². The molecule has 3 rings (SSSR count). The van der Waals surface area contributed by atoms with Crippen LogP contribution in [-0.2, 0) is 19.9 Å². The molecule has 0 bridgehead atoms. The van der Waals surface area contributed by atoms with Crippen LogP contribution < -0.4 is 0 Å². The highest BCUT2D eigenvalue weighted by Gasteiger charge is 2.32. The molecule has 0 spiro atoms. The summed E-state index contributed by atoms with van der Waals surface area (Å²) in [5.74, 6) is -0.611. The van der Waals surface area contributed by atoms with Crippen LogP contribution in [0.5, 0.6) is 0 Å². The first-order valence-corrected chi connectivity index (χ1v) is 13.0. The predicted octanol–water partition coefficient (Wildman–Crippen LogP) is 1.86. The monoisotopic (exact) mass is 493 g/mol. The fourth-order valence-corrected chi connectivity index (χ4v) is 6.64. The molecule has 162 valence electrons. The number of amides is 1. The van der Waals surface area contributed by atoms with E-state index in [4.69, 9.17) is 11.6 Å². The van der Waals surface area contributed by atoms with E-state index in [1.54, 1.807) is 0 Å². The largest absolute Gasteiger partial charge is 0.336 e. The first kappa shape index (κ1) is 22.6. The number of carbonyl (C=O) groups is 1. The average molecular weight is 494 g/mol. The molecule has 0 saturated carbocycles. The maximum Gasteiger partial charge on any atom is 0.271 e. The Morgan fingerprint density at radius 1 is 1.10 bits per heavy atom. The van der Waals surface area contributed by atoms with E-state index in [-0.39, 0.29) is 40.8 Å².